The predicted octanol–water partition coefficient (Wildman–Crippen LogP) is 3.42. The summed E-state index contributed by atoms with van der Waals surface area (Å²) in [7, 11) is 0. The second-order valence-corrected chi connectivity index (χ2v) is 4.89. The van der Waals surface area contributed by atoms with Crippen molar-refractivity contribution >= 4 is 34.5 Å². The second kappa shape index (κ2) is 6.27. The summed E-state index contributed by atoms with van der Waals surface area (Å²) in [5, 5.41) is 16.9. The van der Waals surface area contributed by atoms with Gasteiger partial charge in [0.1, 0.15) is 12.0 Å². The van der Waals surface area contributed by atoms with E-state index in [9.17, 15) is 10.1 Å². The number of aromatic nitrogens is 1. The fraction of sp³-hybridized carbons (Fsp3) is 0.143. The molecule has 0 saturated carbocycles. The molecule has 2 aromatic rings. The Morgan fingerprint density at radius 1 is 1.24 bits per heavy atom. The molecule has 1 aromatic carbocycles. The van der Waals surface area contributed by atoms with Crippen molar-refractivity contribution in [3.8, 4) is 0 Å². The van der Waals surface area contributed by atoms with E-state index in [0.717, 1.165) is 16.8 Å². The van der Waals surface area contributed by atoms with Crippen LogP contribution < -0.4 is 10.6 Å². The highest BCUT2D eigenvalue weighted by Gasteiger charge is 2.07. The lowest BCUT2D eigenvalue weighted by Gasteiger charge is -2.13. The fourth-order valence-corrected chi connectivity index (χ4v) is 1.94. The maximum absolute atomic E-state index is 10.6. The van der Waals surface area contributed by atoms with E-state index in [1.54, 1.807) is 0 Å². The highest BCUT2D eigenvalue weighted by atomic mass is 32.1. The molecule has 0 spiro atoms. The van der Waals surface area contributed by atoms with Crippen LogP contribution in [0.3, 0.4) is 0 Å². The number of benzene rings is 1. The van der Waals surface area contributed by atoms with Gasteiger partial charge in [0.05, 0.1) is 4.92 Å². The number of anilines is 2. The first-order chi connectivity index (χ1) is 9.97. The number of nitro groups is 1. The van der Waals surface area contributed by atoms with E-state index in [0.29, 0.717) is 10.9 Å². The molecule has 0 unspecified atom stereocenters. The molecule has 0 bridgehead atoms. The number of thiocarbonyl (C=S) groups is 1. The Kier molecular flexibility index (Phi) is 4.44. The van der Waals surface area contributed by atoms with Crippen LogP contribution in [0.5, 0.6) is 0 Å². The molecule has 0 radical (unpaired) electrons. The topological polar surface area (TPSA) is 80.1 Å². The zero-order valence-corrected chi connectivity index (χ0v) is 12.4. The van der Waals surface area contributed by atoms with Crippen molar-refractivity contribution < 1.29 is 4.92 Å². The third-order valence-corrected chi connectivity index (χ3v) is 3.26. The van der Waals surface area contributed by atoms with Crippen molar-refractivity contribution in [2.24, 2.45) is 0 Å². The standard InChI is InChI=1S/C14H14N4O2S/c1-9-4-3-5-12(10(9)2)16-14(21)17-13-7-6-11(8-15-13)18(19)20/h3-8H,1-2H3,(H2,15,16,17,21). The van der Waals surface area contributed by atoms with Crippen molar-refractivity contribution in [1.29, 1.82) is 0 Å². The molecule has 0 fully saturated rings. The summed E-state index contributed by atoms with van der Waals surface area (Å²) in [5.74, 6) is 0.448. The summed E-state index contributed by atoms with van der Waals surface area (Å²) in [4.78, 5) is 14.0. The Bertz CT molecular complexity index is 686. The first kappa shape index (κ1) is 14.9. The Morgan fingerprint density at radius 3 is 2.62 bits per heavy atom. The van der Waals surface area contributed by atoms with Gasteiger partial charge in [-0.3, -0.25) is 10.1 Å². The van der Waals surface area contributed by atoms with Crippen molar-refractivity contribution in [2.45, 2.75) is 13.8 Å². The first-order valence-electron chi connectivity index (χ1n) is 6.22. The predicted molar refractivity (Wildman–Crippen MR) is 86.7 cm³/mol. The van der Waals surface area contributed by atoms with Gasteiger partial charge in [-0.15, -0.1) is 0 Å². The van der Waals surface area contributed by atoms with Gasteiger partial charge in [0.25, 0.3) is 5.69 Å². The van der Waals surface area contributed by atoms with E-state index in [2.05, 4.69) is 15.6 Å². The molecule has 2 N–H and O–H groups in total. The fourth-order valence-electron chi connectivity index (χ4n) is 1.72. The molecule has 2 rings (SSSR count). The molecule has 1 aromatic heterocycles. The molecule has 21 heavy (non-hydrogen) atoms. The van der Waals surface area contributed by atoms with Gasteiger partial charge in [-0.2, -0.15) is 0 Å². The maximum Gasteiger partial charge on any atom is 0.287 e. The second-order valence-electron chi connectivity index (χ2n) is 4.49. The summed E-state index contributed by atoms with van der Waals surface area (Å²) >= 11 is 5.21. The largest absolute Gasteiger partial charge is 0.332 e. The zero-order chi connectivity index (χ0) is 15.4. The van der Waals surface area contributed by atoms with E-state index in [1.807, 2.05) is 32.0 Å². The number of pyridine rings is 1. The van der Waals surface area contributed by atoms with E-state index in [-0.39, 0.29) is 5.69 Å². The molecule has 0 aliphatic rings. The van der Waals surface area contributed by atoms with Crippen molar-refractivity contribution in [1.82, 2.24) is 4.98 Å². The smallest absolute Gasteiger partial charge is 0.287 e. The molecule has 0 atom stereocenters. The molecular weight excluding hydrogens is 288 g/mol. The SMILES string of the molecule is Cc1cccc(NC(=S)Nc2ccc([N+](=O)[O-])cn2)c1C. The van der Waals surface area contributed by atoms with Crippen LogP contribution in [0.25, 0.3) is 0 Å². The molecular formula is C14H14N4O2S. The lowest BCUT2D eigenvalue weighted by atomic mass is 10.1. The summed E-state index contributed by atoms with van der Waals surface area (Å²) in [6.07, 6.45) is 1.18. The van der Waals surface area contributed by atoms with Crippen LogP contribution in [-0.4, -0.2) is 15.0 Å². The van der Waals surface area contributed by atoms with Gasteiger partial charge < -0.3 is 10.6 Å². The molecule has 0 aliphatic carbocycles. The normalized spacial score (nSPS) is 10.0. The van der Waals surface area contributed by atoms with Crippen molar-refractivity contribution in [2.75, 3.05) is 10.6 Å². The van der Waals surface area contributed by atoms with Gasteiger partial charge in [0, 0.05) is 11.8 Å². The summed E-state index contributed by atoms with van der Waals surface area (Å²) < 4.78 is 0. The average Bonchev–Trinajstić information content (AvgIpc) is 2.44. The van der Waals surface area contributed by atoms with Crippen LogP contribution in [0.15, 0.2) is 36.5 Å². The molecule has 0 aliphatic heterocycles. The van der Waals surface area contributed by atoms with E-state index < -0.39 is 4.92 Å². The van der Waals surface area contributed by atoms with Gasteiger partial charge in [-0.25, -0.2) is 4.98 Å². The Morgan fingerprint density at radius 2 is 2.00 bits per heavy atom. The number of nitrogens with one attached hydrogen (secondary N) is 2. The van der Waals surface area contributed by atoms with Crippen LogP contribution in [0.1, 0.15) is 11.1 Å². The van der Waals surface area contributed by atoms with Crippen LogP contribution in [0.4, 0.5) is 17.2 Å². The van der Waals surface area contributed by atoms with Crippen LogP contribution in [0.2, 0.25) is 0 Å². The maximum atomic E-state index is 10.6. The third-order valence-electron chi connectivity index (χ3n) is 3.05. The number of rotatable bonds is 3. The quantitative estimate of drug-likeness (QED) is 0.514. The number of aryl methyl sites for hydroxylation is 1. The molecule has 1 heterocycles. The highest BCUT2D eigenvalue weighted by Crippen LogP contribution is 2.18. The summed E-state index contributed by atoms with van der Waals surface area (Å²) in [6.45, 7) is 4.03. The molecule has 7 heteroatoms. The monoisotopic (exact) mass is 302 g/mol. The van der Waals surface area contributed by atoms with Gasteiger partial charge in [0.15, 0.2) is 5.11 Å². The lowest BCUT2D eigenvalue weighted by Crippen LogP contribution is -2.20. The minimum absolute atomic E-state index is 0.0612. The molecule has 0 amide bonds. The van der Waals surface area contributed by atoms with Gasteiger partial charge in [-0.05, 0) is 49.3 Å². The van der Waals surface area contributed by atoms with Crippen LogP contribution in [-0.2, 0) is 0 Å². The molecule has 108 valence electrons. The van der Waals surface area contributed by atoms with Gasteiger partial charge in [0.2, 0.25) is 0 Å². The lowest BCUT2D eigenvalue weighted by molar-refractivity contribution is -0.385. The van der Waals surface area contributed by atoms with Crippen molar-refractivity contribution in [3.63, 3.8) is 0 Å². The minimum Gasteiger partial charge on any atom is -0.332 e. The van der Waals surface area contributed by atoms with E-state index in [1.165, 1.54) is 18.3 Å². The number of nitrogens with zero attached hydrogens (tertiary/aromatic N) is 2. The van der Waals surface area contributed by atoms with Crippen molar-refractivity contribution in [3.05, 3.63) is 57.8 Å². The minimum atomic E-state index is -0.497. The Labute approximate surface area is 127 Å². The molecule has 6 nitrogen and oxygen atoms in total. The molecule has 0 saturated heterocycles. The third kappa shape index (κ3) is 3.73. The Balaban J connectivity index is 2.04. The van der Waals surface area contributed by atoms with Crippen LogP contribution >= 0.6 is 12.2 Å². The van der Waals surface area contributed by atoms with E-state index >= 15 is 0 Å². The number of hydrogen-bond acceptors (Lipinski definition) is 4. The van der Waals surface area contributed by atoms with Crippen LogP contribution in [0, 0.1) is 24.0 Å². The summed E-state index contributed by atoms with van der Waals surface area (Å²) in [5.41, 5.74) is 3.12. The van der Waals surface area contributed by atoms with Gasteiger partial charge >= 0.3 is 0 Å². The van der Waals surface area contributed by atoms with Gasteiger partial charge in [-0.1, -0.05) is 12.1 Å². The zero-order valence-electron chi connectivity index (χ0n) is 11.6. The average molecular weight is 302 g/mol. The Hall–Kier alpha value is -2.54. The first-order valence-corrected chi connectivity index (χ1v) is 6.63. The summed E-state index contributed by atoms with van der Waals surface area (Å²) in [6, 6.07) is 8.77. The van der Waals surface area contributed by atoms with E-state index in [4.69, 9.17) is 12.2 Å². The highest BCUT2D eigenvalue weighted by molar-refractivity contribution is 7.80. The number of hydrogen-bond donors (Lipinski definition) is 2.